The molecule has 0 fully saturated rings. The first-order valence-electron chi connectivity index (χ1n) is 7.54. The zero-order valence-corrected chi connectivity index (χ0v) is 13.3. The lowest BCUT2D eigenvalue weighted by molar-refractivity contribution is 0.0681. The van der Waals surface area contributed by atoms with E-state index in [1.165, 1.54) is 27.7 Å². The maximum atomic E-state index is 5.74. The van der Waals surface area contributed by atoms with Crippen molar-refractivity contribution in [3.05, 3.63) is 35.0 Å². The van der Waals surface area contributed by atoms with Gasteiger partial charge < -0.3 is 19.8 Å². The third-order valence-corrected chi connectivity index (χ3v) is 4.04. The molecule has 21 heavy (non-hydrogen) atoms. The summed E-state index contributed by atoms with van der Waals surface area (Å²) in [7, 11) is 1.69. The molecule has 1 aromatic heterocycles. The van der Waals surface area contributed by atoms with Gasteiger partial charge in [0.2, 0.25) is 0 Å². The highest BCUT2D eigenvalue weighted by molar-refractivity contribution is 5.86. The Morgan fingerprint density at radius 3 is 2.67 bits per heavy atom. The van der Waals surface area contributed by atoms with Crippen molar-refractivity contribution in [2.75, 3.05) is 26.9 Å². The van der Waals surface area contributed by atoms with E-state index >= 15 is 0 Å². The average molecular weight is 290 g/mol. The Hall–Kier alpha value is -1.36. The van der Waals surface area contributed by atoms with Crippen LogP contribution in [0.1, 0.15) is 23.2 Å². The van der Waals surface area contributed by atoms with Gasteiger partial charge in [0.1, 0.15) is 0 Å². The molecule has 4 heteroatoms. The van der Waals surface area contributed by atoms with Crippen LogP contribution in [0.2, 0.25) is 0 Å². The van der Waals surface area contributed by atoms with Gasteiger partial charge in [0.15, 0.2) is 0 Å². The first-order valence-corrected chi connectivity index (χ1v) is 7.54. The summed E-state index contributed by atoms with van der Waals surface area (Å²) in [6.45, 7) is 8.03. The molecule has 0 amide bonds. The van der Waals surface area contributed by atoms with Crippen molar-refractivity contribution in [3.63, 3.8) is 0 Å². The molecule has 0 bridgehead atoms. The second-order valence-electron chi connectivity index (χ2n) is 5.38. The Labute approximate surface area is 126 Å². The van der Waals surface area contributed by atoms with Crippen molar-refractivity contribution in [1.29, 1.82) is 0 Å². The van der Waals surface area contributed by atoms with Gasteiger partial charge in [-0.3, -0.25) is 0 Å². The van der Waals surface area contributed by atoms with Gasteiger partial charge in [-0.1, -0.05) is 6.07 Å². The first-order chi connectivity index (χ1) is 10.2. The Morgan fingerprint density at radius 1 is 1.14 bits per heavy atom. The fourth-order valence-electron chi connectivity index (χ4n) is 2.68. The van der Waals surface area contributed by atoms with Gasteiger partial charge in [-0.2, -0.15) is 0 Å². The first kappa shape index (κ1) is 16.0. The van der Waals surface area contributed by atoms with Gasteiger partial charge in [0.25, 0.3) is 0 Å². The SMILES string of the molecule is COCCOCCCn1c(C)c(C)c2cc(CN)ccc21. The quantitative estimate of drug-likeness (QED) is 0.761. The number of hydrogen-bond donors (Lipinski definition) is 1. The van der Waals surface area contributed by atoms with Crippen LogP contribution in [0, 0.1) is 13.8 Å². The summed E-state index contributed by atoms with van der Waals surface area (Å²) in [4.78, 5) is 0. The maximum Gasteiger partial charge on any atom is 0.0700 e. The predicted octanol–water partition coefficient (Wildman–Crippen LogP) is 2.77. The number of nitrogens with two attached hydrogens (primary N) is 1. The van der Waals surface area contributed by atoms with Crippen molar-refractivity contribution in [2.24, 2.45) is 5.73 Å². The Kier molecular flexibility index (Phi) is 5.79. The van der Waals surface area contributed by atoms with Crippen LogP contribution in [-0.2, 0) is 22.6 Å². The summed E-state index contributed by atoms with van der Waals surface area (Å²) < 4.78 is 12.9. The minimum Gasteiger partial charge on any atom is -0.382 e. The van der Waals surface area contributed by atoms with Crippen molar-refractivity contribution in [2.45, 2.75) is 33.4 Å². The topological polar surface area (TPSA) is 49.4 Å². The molecular formula is C17H26N2O2. The third kappa shape index (κ3) is 3.64. The summed E-state index contributed by atoms with van der Waals surface area (Å²) in [5.41, 5.74) is 10.9. The molecule has 2 aromatic rings. The van der Waals surface area contributed by atoms with Crippen molar-refractivity contribution >= 4 is 10.9 Å². The number of aromatic nitrogens is 1. The molecule has 1 aromatic carbocycles. The average Bonchev–Trinajstić information content (AvgIpc) is 2.75. The van der Waals surface area contributed by atoms with Gasteiger partial charge in [-0.25, -0.2) is 0 Å². The fourth-order valence-corrected chi connectivity index (χ4v) is 2.68. The van der Waals surface area contributed by atoms with E-state index in [1.807, 2.05) is 0 Å². The number of rotatable bonds is 8. The molecule has 116 valence electrons. The molecule has 0 saturated heterocycles. The zero-order chi connectivity index (χ0) is 15.2. The van der Waals surface area contributed by atoms with Crippen LogP contribution in [0.3, 0.4) is 0 Å². The second-order valence-corrected chi connectivity index (χ2v) is 5.38. The van der Waals surface area contributed by atoms with Gasteiger partial charge in [-0.15, -0.1) is 0 Å². The number of aryl methyl sites for hydroxylation is 2. The molecule has 0 aliphatic heterocycles. The molecule has 4 nitrogen and oxygen atoms in total. The standard InChI is InChI=1S/C17H26N2O2/c1-13-14(2)19(7-4-8-21-10-9-20-3)17-6-5-15(12-18)11-16(13)17/h5-6,11H,4,7-10,12,18H2,1-3H3. The van der Waals surface area contributed by atoms with Crippen LogP contribution >= 0.6 is 0 Å². The van der Waals surface area contributed by atoms with Crippen LogP contribution < -0.4 is 5.73 Å². The highest BCUT2D eigenvalue weighted by Crippen LogP contribution is 2.26. The van der Waals surface area contributed by atoms with Crippen LogP contribution in [0.4, 0.5) is 0 Å². The van der Waals surface area contributed by atoms with E-state index in [4.69, 9.17) is 15.2 Å². The smallest absolute Gasteiger partial charge is 0.0700 e. The number of fused-ring (bicyclic) bond motifs is 1. The van der Waals surface area contributed by atoms with Gasteiger partial charge >= 0.3 is 0 Å². The van der Waals surface area contributed by atoms with E-state index in [0.29, 0.717) is 19.8 Å². The van der Waals surface area contributed by atoms with E-state index in [-0.39, 0.29) is 0 Å². The van der Waals surface area contributed by atoms with Crippen LogP contribution in [-0.4, -0.2) is 31.5 Å². The monoisotopic (exact) mass is 290 g/mol. The van der Waals surface area contributed by atoms with Crippen molar-refractivity contribution < 1.29 is 9.47 Å². The Bertz CT molecular complexity index is 590. The summed E-state index contributed by atoms with van der Waals surface area (Å²) in [5.74, 6) is 0. The van der Waals surface area contributed by atoms with E-state index in [2.05, 4.69) is 36.6 Å². The highest BCUT2D eigenvalue weighted by atomic mass is 16.5. The number of methoxy groups -OCH3 is 1. The Balaban J connectivity index is 2.07. The molecule has 1 heterocycles. The second kappa shape index (κ2) is 7.59. The fraction of sp³-hybridized carbons (Fsp3) is 0.529. The van der Waals surface area contributed by atoms with Gasteiger partial charge in [0, 0.05) is 43.4 Å². The van der Waals surface area contributed by atoms with E-state index in [9.17, 15) is 0 Å². The van der Waals surface area contributed by atoms with Gasteiger partial charge in [0.05, 0.1) is 13.2 Å². The van der Waals surface area contributed by atoms with E-state index in [1.54, 1.807) is 7.11 Å². The highest BCUT2D eigenvalue weighted by Gasteiger charge is 2.10. The Morgan fingerprint density at radius 2 is 1.95 bits per heavy atom. The molecule has 2 N–H and O–H groups in total. The summed E-state index contributed by atoms with van der Waals surface area (Å²) in [6, 6.07) is 6.51. The maximum absolute atomic E-state index is 5.74. The number of hydrogen-bond acceptors (Lipinski definition) is 3. The minimum absolute atomic E-state index is 0.590. The van der Waals surface area contributed by atoms with Gasteiger partial charge in [-0.05, 0) is 43.5 Å². The molecule has 0 spiro atoms. The normalized spacial score (nSPS) is 11.4. The third-order valence-electron chi connectivity index (χ3n) is 4.04. The molecule has 0 unspecified atom stereocenters. The molecule has 0 aliphatic carbocycles. The van der Waals surface area contributed by atoms with Crippen molar-refractivity contribution in [1.82, 2.24) is 4.57 Å². The molecule has 0 atom stereocenters. The largest absolute Gasteiger partial charge is 0.382 e. The van der Waals surface area contributed by atoms with Crippen LogP contribution in [0.25, 0.3) is 10.9 Å². The van der Waals surface area contributed by atoms with E-state index < -0.39 is 0 Å². The number of ether oxygens (including phenoxy) is 2. The lowest BCUT2D eigenvalue weighted by Gasteiger charge is -2.09. The summed E-state index contributed by atoms with van der Waals surface area (Å²) in [5, 5.41) is 1.32. The lowest BCUT2D eigenvalue weighted by Crippen LogP contribution is -2.07. The van der Waals surface area contributed by atoms with Crippen molar-refractivity contribution in [3.8, 4) is 0 Å². The number of nitrogens with zero attached hydrogens (tertiary/aromatic N) is 1. The summed E-state index contributed by atoms with van der Waals surface area (Å²) >= 11 is 0. The summed E-state index contributed by atoms with van der Waals surface area (Å²) in [6.07, 6.45) is 1.01. The molecule has 0 saturated carbocycles. The van der Waals surface area contributed by atoms with Crippen LogP contribution in [0.15, 0.2) is 18.2 Å². The molecule has 0 aliphatic rings. The lowest BCUT2D eigenvalue weighted by atomic mass is 10.1. The predicted molar refractivity (Wildman–Crippen MR) is 86.6 cm³/mol. The molecule has 2 rings (SSSR count). The molecular weight excluding hydrogens is 264 g/mol. The number of benzene rings is 1. The molecule has 0 radical (unpaired) electrons. The van der Waals surface area contributed by atoms with E-state index in [0.717, 1.165) is 19.6 Å². The minimum atomic E-state index is 0.590. The zero-order valence-electron chi connectivity index (χ0n) is 13.3. The van der Waals surface area contributed by atoms with Crippen LogP contribution in [0.5, 0.6) is 0 Å².